The third-order valence-electron chi connectivity index (χ3n) is 8.25. The van der Waals surface area contributed by atoms with Crippen LogP contribution in [0.25, 0.3) is 0 Å². The molecule has 4 saturated heterocycles. The summed E-state index contributed by atoms with van der Waals surface area (Å²) in [5.74, 6) is -4.23. The molecule has 5 atom stereocenters. The zero-order chi connectivity index (χ0) is 28.6. The van der Waals surface area contributed by atoms with Crippen LogP contribution in [0.1, 0.15) is 45.4 Å². The van der Waals surface area contributed by atoms with Crippen LogP contribution in [-0.4, -0.2) is 112 Å². The van der Waals surface area contributed by atoms with Crippen molar-refractivity contribution < 1.29 is 43.7 Å². The summed E-state index contributed by atoms with van der Waals surface area (Å²) in [6, 6.07) is 0. The number of hydrogen-bond donors (Lipinski definition) is 2. The van der Waals surface area contributed by atoms with Crippen molar-refractivity contribution in [3.8, 4) is 0 Å². The van der Waals surface area contributed by atoms with Gasteiger partial charge in [-0.05, 0) is 38.0 Å². The highest BCUT2D eigenvalue weighted by Gasteiger charge is 2.45. The first-order chi connectivity index (χ1) is 19.2. The van der Waals surface area contributed by atoms with Gasteiger partial charge in [-0.2, -0.15) is 0 Å². The maximum atomic E-state index is 12.4. The molecule has 5 fully saturated rings. The number of aliphatic carboxylic acids is 2. The second-order valence-corrected chi connectivity index (χ2v) is 11.4. The summed E-state index contributed by atoms with van der Waals surface area (Å²) in [5, 5.41) is 18.2. The molecule has 6 rings (SSSR count). The molecule has 0 amide bonds. The van der Waals surface area contributed by atoms with Crippen molar-refractivity contribution in [1.29, 1.82) is 0 Å². The largest absolute Gasteiger partial charge is 0.481 e. The molecular weight excluding hydrogens is 522 g/mol. The molecule has 0 aromatic heterocycles. The van der Waals surface area contributed by atoms with Crippen molar-refractivity contribution in [1.82, 2.24) is 14.7 Å². The van der Waals surface area contributed by atoms with Gasteiger partial charge in [0.05, 0.1) is 42.8 Å². The highest BCUT2D eigenvalue weighted by atomic mass is 16.6. The van der Waals surface area contributed by atoms with Gasteiger partial charge in [-0.25, -0.2) is 0 Å². The monoisotopic (exact) mass is 559 g/mol. The number of allylic oxidation sites excluding steroid dienone is 1. The molecule has 12 heteroatoms. The van der Waals surface area contributed by atoms with E-state index in [0.717, 1.165) is 58.5 Å². The summed E-state index contributed by atoms with van der Waals surface area (Å²) in [6.45, 7) is 7.38. The maximum absolute atomic E-state index is 12.4. The average Bonchev–Trinajstić information content (AvgIpc) is 3.76. The number of ketones is 2. The fourth-order valence-electron chi connectivity index (χ4n) is 5.44. The molecule has 4 aliphatic heterocycles. The Morgan fingerprint density at radius 1 is 0.925 bits per heavy atom. The number of carboxylic acid groups (broad SMARTS) is 2. The van der Waals surface area contributed by atoms with E-state index in [4.69, 9.17) is 14.6 Å². The van der Waals surface area contributed by atoms with Gasteiger partial charge in [0.2, 0.25) is 11.6 Å². The number of nitrogens with zero attached hydrogens (tertiary/aromatic N) is 3. The van der Waals surface area contributed by atoms with Crippen molar-refractivity contribution in [2.45, 2.75) is 57.7 Å². The van der Waals surface area contributed by atoms with E-state index < -0.39 is 29.7 Å². The van der Waals surface area contributed by atoms with Crippen molar-refractivity contribution in [3.05, 3.63) is 23.2 Å². The lowest BCUT2D eigenvalue weighted by Crippen LogP contribution is -2.29. The lowest BCUT2D eigenvalue weighted by atomic mass is 9.89. The van der Waals surface area contributed by atoms with E-state index in [1.165, 1.54) is 6.08 Å². The van der Waals surface area contributed by atoms with E-state index in [-0.39, 0.29) is 36.9 Å². The lowest BCUT2D eigenvalue weighted by molar-refractivity contribution is -0.154. The molecule has 218 valence electrons. The molecule has 2 aliphatic carbocycles. The lowest BCUT2D eigenvalue weighted by Gasteiger charge is -2.21. The number of epoxide rings is 1. The minimum absolute atomic E-state index is 0.00546. The van der Waals surface area contributed by atoms with Crippen molar-refractivity contribution >= 4 is 29.5 Å². The van der Waals surface area contributed by atoms with Crippen LogP contribution in [0, 0.1) is 17.8 Å². The predicted molar refractivity (Wildman–Crippen MR) is 139 cm³/mol. The van der Waals surface area contributed by atoms with Gasteiger partial charge in [0, 0.05) is 45.3 Å². The van der Waals surface area contributed by atoms with Gasteiger partial charge >= 0.3 is 17.9 Å². The summed E-state index contributed by atoms with van der Waals surface area (Å²) in [4.78, 5) is 64.6. The van der Waals surface area contributed by atoms with Crippen LogP contribution in [0.4, 0.5) is 0 Å². The van der Waals surface area contributed by atoms with Crippen LogP contribution in [0.15, 0.2) is 23.2 Å². The van der Waals surface area contributed by atoms with Crippen LogP contribution in [0.2, 0.25) is 0 Å². The minimum Gasteiger partial charge on any atom is -0.481 e. The number of fused-ring (bicyclic) bond motifs is 1. The Balaban J connectivity index is 0.000000167. The average molecular weight is 560 g/mol. The van der Waals surface area contributed by atoms with Crippen LogP contribution < -0.4 is 0 Å². The van der Waals surface area contributed by atoms with E-state index in [1.54, 1.807) is 6.92 Å². The second-order valence-electron chi connectivity index (χ2n) is 11.4. The van der Waals surface area contributed by atoms with Crippen LogP contribution in [0.3, 0.4) is 0 Å². The number of hydrogen-bond acceptors (Lipinski definition) is 10. The van der Waals surface area contributed by atoms with E-state index in [9.17, 15) is 29.1 Å². The predicted octanol–water partition coefficient (Wildman–Crippen LogP) is 0.869. The van der Waals surface area contributed by atoms with Crippen molar-refractivity contribution in [2.75, 3.05) is 45.9 Å². The van der Waals surface area contributed by atoms with E-state index in [2.05, 4.69) is 0 Å². The summed E-state index contributed by atoms with van der Waals surface area (Å²) in [6.07, 6.45) is 5.03. The number of Topliss-reactive ketones (excluding diaryl/α,β-unsaturated/α-hetero) is 1. The highest BCUT2D eigenvalue weighted by molar-refractivity contribution is 6.22. The van der Waals surface area contributed by atoms with Crippen molar-refractivity contribution in [3.63, 3.8) is 0 Å². The van der Waals surface area contributed by atoms with Gasteiger partial charge in [0.1, 0.15) is 11.4 Å². The molecule has 6 aliphatic rings. The summed E-state index contributed by atoms with van der Waals surface area (Å²) in [7, 11) is 0. The third-order valence-corrected chi connectivity index (χ3v) is 8.25. The maximum Gasteiger partial charge on any atom is 0.307 e. The van der Waals surface area contributed by atoms with Gasteiger partial charge in [0.25, 0.3) is 0 Å². The molecule has 4 heterocycles. The standard InChI is InChI=1S/C16H24O7.C12H13N3O2/c1-2-10(15(18)19)6-11(16(20)21)7-14(17)22-8-9-3-4-12-13(5-9)23-12;16-9-7-8(13-1-2-13)12(17)11(15-5-6-15)10(9)14-3-4-14/h9-13H,2-8H2,1H3,(H,18,19)(H,20,21);7H,1-6H2. The Labute approximate surface area is 232 Å². The number of ether oxygens (including phenoxy) is 2. The molecule has 2 N–H and O–H groups in total. The SMILES string of the molecule is CCC(CC(CC(=O)OCC1CCC2OC2C1)C(=O)O)C(=O)O.O=C1C=C(N2CC2)C(=O)C(N2CC2)=C1N1CC1. The number of carboxylic acids is 2. The van der Waals surface area contributed by atoms with Crippen molar-refractivity contribution in [2.24, 2.45) is 17.8 Å². The van der Waals surface area contributed by atoms with E-state index >= 15 is 0 Å². The quantitative estimate of drug-likeness (QED) is 0.198. The fourth-order valence-corrected chi connectivity index (χ4v) is 5.44. The molecular formula is C28H37N3O9. The molecule has 0 spiro atoms. The molecule has 40 heavy (non-hydrogen) atoms. The summed E-state index contributed by atoms with van der Waals surface area (Å²) < 4.78 is 10.6. The second kappa shape index (κ2) is 11.6. The first-order valence-corrected chi connectivity index (χ1v) is 14.2. The molecule has 1 saturated carbocycles. The Kier molecular flexibility index (Phi) is 8.16. The number of carbonyl (C=O) groups excluding carboxylic acids is 3. The smallest absolute Gasteiger partial charge is 0.307 e. The number of esters is 1. The Morgan fingerprint density at radius 3 is 2.10 bits per heavy atom. The first-order valence-electron chi connectivity index (χ1n) is 14.2. The van der Waals surface area contributed by atoms with E-state index in [1.807, 2.05) is 14.7 Å². The molecule has 5 unspecified atom stereocenters. The van der Waals surface area contributed by atoms with Crippen LogP contribution in [0.5, 0.6) is 0 Å². The molecule has 0 aromatic rings. The molecule has 0 aromatic carbocycles. The Bertz CT molecular complexity index is 1140. The fraction of sp³-hybridized carbons (Fsp3) is 0.679. The van der Waals surface area contributed by atoms with Crippen LogP contribution in [-0.2, 0) is 33.4 Å². The van der Waals surface area contributed by atoms with Gasteiger partial charge < -0.3 is 34.4 Å². The third kappa shape index (κ3) is 6.83. The molecule has 0 bridgehead atoms. The molecule has 12 nitrogen and oxygen atoms in total. The zero-order valence-electron chi connectivity index (χ0n) is 22.8. The van der Waals surface area contributed by atoms with Gasteiger partial charge in [0.15, 0.2) is 0 Å². The zero-order valence-corrected chi connectivity index (χ0v) is 22.8. The van der Waals surface area contributed by atoms with Gasteiger partial charge in [-0.3, -0.25) is 24.0 Å². The number of carbonyl (C=O) groups is 5. The minimum atomic E-state index is -1.16. The normalized spacial score (nSPS) is 27.6. The Hall–Kier alpha value is -3.41. The van der Waals surface area contributed by atoms with Gasteiger partial charge in [-0.1, -0.05) is 6.92 Å². The first kappa shape index (κ1) is 28.1. The van der Waals surface area contributed by atoms with Gasteiger partial charge in [-0.15, -0.1) is 0 Å². The molecule has 0 radical (unpaired) electrons. The summed E-state index contributed by atoms with van der Waals surface area (Å²) in [5.41, 5.74) is 1.89. The number of rotatable bonds is 12. The summed E-state index contributed by atoms with van der Waals surface area (Å²) >= 11 is 0. The highest BCUT2D eigenvalue weighted by Crippen LogP contribution is 2.39. The topological polar surface area (TPSA) is 157 Å². The van der Waals surface area contributed by atoms with Crippen LogP contribution >= 0.6 is 0 Å². The Morgan fingerprint density at radius 2 is 1.55 bits per heavy atom. The van der Waals surface area contributed by atoms with E-state index in [0.29, 0.717) is 35.7 Å².